The van der Waals surface area contributed by atoms with Gasteiger partial charge in [-0.2, -0.15) is 0 Å². The average molecular weight is 489 g/mol. The lowest BCUT2D eigenvalue weighted by Crippen LogP contribution is -2.41. The summed E-state index contributed by atoms with van der Waals surface area (Å²) in [4.78, 5) is 28.0. The number of rotatable bonds is 9. The van der Waals surface area contributed by atoms with Gasteiger partial charge in [-0.25, -0.2) is 15.4 Å². The van der Waals surface area contributed by atoms with Gasteiger partial charge in [0.25, 0.3) is 5.91 Å². The molecule has 0 saturated carbocycles. The largest absolute Gasteiger partial charge is 0.497 e. The van der Waals surface area contributed by atoms with Crippen LogP contribution in [0.4, 0.5) is 17.3 Å². The number of hydroxylamine groups is 1. The van der Waals surface area contributed by atoms with Crippen LogP contribution in [0.3, 0.4) is 0 Å². The molecule has 9 nitrogen and oxygen atoms in total. The zero-order chi connectivity index (χ0) is 25.5. The maximum absolute atomic E-state index is 12.1. The van der Waals surface area contributed by atoms with Crippen molar-refractivity contribution in [3.8, 4) is 5.75 Å². The number of allylic oxidation sites excluding steroid dienone is 1. The van der Waals surface area contributed by atoms with Gasteiger partial charge in [-0.1, -0.05) is 0 Å². The number of methoxy groups -OCH3 is 1. The first-order valence-corrected chi connectivity index (χ1v) is 11.8. The van der Waals surface area contributed by atoms with Crippen LogP contribution in [-0.2, 0) is 17.7 Å². The minimum absolute atomic E-state index is 0.321. The predicted molar refractivity (Wildman–Crippen MR) is 140 cm³/mol. The molecule has 0 aliphatic carbocycles. The Hall–Kier alpha value is -4.11. The minimum Gasteiger partial charge on any atom is -0.497 e. The number of hydrogen-bond donors (Lipinski definition) is 3. The molecule has 188 valence electrons. The maximum atomic E-state index is 12.1. The number of amides is 1. The lowest BCUT2D eigenvalue weighted by molar-refractivity contribution is 0.0537. The van der Waals surface area contributed by atoms with Gasteiger partial charge in [0.15, 0.2) is 0 Å². The van der Waals surface area contributed by atoms with E-state index in [0.717, 1.165) is 41.2 Å². The van der Waals surface area contributed by atoms with Gasteiger partial charge in [-0.05, 0) is 80.3 Å². The second kappa shape index (κ2) is 11.5. The van der Waals surface area contributed by atoms with Crippen molar-refractivity contribution in [1.29, 1.82) is 0 Å². The molecule has 2 aromatic carbocycles. The van der Waals surface area contributed by atoms with Crippen molar-refractivity contribution in [3.63, 3.8) is 0 Å². The Labute approximate surface area is 211 Å². The van der Waals surface area contributed by atoms with E-state index in [1.54, 1.807) is 13.2 Å². The molecular formula is C27H32N6O3. The third kappa shape index (κ3) is 6.51. The number of hydrogen-bond acceptors (Lipinski definition) is 8. The highest BCUT2D eigenvalue weighted by molar-refractivity contribution is 5.94. The second-order valence-corrected chi connectivity index (χ2v) is 8.80. The Morgan fingerprint density at radius 3 is 2.47 bits per heavy atom. The van der Waals surface area contributed by atoms with E-state index < -0.39 is 0 Å². The van der Waals surface area contributed by atoms with Crippen LogP contribution in [0, 0.1) is 0 Å². The Morgan fingerprint density at radius 2 is 1.81 bits per heavy atom. The van der Waals surface area contributed by atoms with E-state index in [2.05, 4.69) is 63.2 Å². The average Bonchev–Trinajstić information content (AvgIpc) is 2.88. The van der Waals surface area contributed by atoms with Crippen LogP contribution in [0.2, 0.25) is 0 Å². The molecule has 3 aromatic rings. The normalized spacial score (nSPS) is 15.1. The Balaban J connectivity index is 1.35. The summed E-state index contributed by atoms with van der Waals surface area (Å²) in [6.45, 7) is 5.18. The molecule has 0 fully saturated rings. The summed E-state index contributed by atoms with van der Waals surface area (Å²) in [5.41, 5.74) is 8.01. The number of ether oxygens (including phenoxy) is 1. The second-order valence-electron chi connectivity index (χ2n) is 8.80. The van der Waals surface area contributed by atoms with Crippen molar-refractivity contribution in [2.45, 2.75) is 32.7 Å². The highest BCUT2D eigenvalue weighted by Crippen LogP contribution is 2.23. The zero-order valence-corrected chi connectivity index (χ0v) is 21.0. The summed E-state index contributed by atoms with van der Waals surface area (Å²) >= 11 is 0. The van der Waals surface area contributed by atoms with Gasteiger partial charge >= 0.3 is 0 Å². The number of benzene rings is 2. The molecule has 4 rings (SSSR count). The molecule has 1 atom stereocenters. The van der Waals surface area contributed by atoms with Crippen molar-refractivity contribution >= 4 is 23.2 Å². The third-order valence-electron chi connectivity index (χ3n) is 5.82. The molecular weight excluding hydrogens is 456 g/mol. The molecule has 0 spiro atoms. The number of aryl methyl sites for hydroxylation is 2. The number of anilines is 3. The molecule has 9 heteroatoms. The fourth-order valence-corrected chi connectivity index (χ4v) is 4.14. The van der Waals surface area contributed by atoms with Crippen LogP contribution >= 0.6 is 0 Å². The van der Waals surface area contributed by atoms with Crippen molar-refractivity contribution in [1.82, 2.24) is 20.8 Å². The van der Waals surface area contributed by atoms with E-state index >= 15 is 0 Å². The fourth-order valence-electron chi connectivity index (χ4n) is 4.14. The Morgan fingerprint density at radius 1 is 1.08 bits per heavy atom. The molecule has 0 saturated heterocycles. The zero-order valence-electron chi connectivity index (χ0n) is 21.0. The van der Waals surface area contributed by atoms with Crippen LogP contribution in [0.25, 0.3) is 0 Å². The van der Waals surface area contributed by atoms with E-state index in [1.165, 1.54) is 7.11 Å². The summed E-state index contributed by atoms with van der Waals surface area (Å²) in [5.74, 6) is 0.838. The van der Waals surface area contributed by atoms with Crippen LogP contribution in [-0.4, -0.2) is 42.7 Å². The first kappa shape index (κ1) is 25.0. The number of carbonyl (C=O) groups excluding carboxylic acids is 1. The lowest BCUT2D eigenvalue weighted by Gasteiger charge is -2.31. The molecule has 0 radical (unpaired) electrons. The molecule has 0 bridgehead atoms. The van der Waals surface area contributed by atoms with Gasteiger partial charge in [0, 0.05) is 53.8 Å². The summed E-state index contributed by atoms with van der Waals surface area (Å²) in [7, 11) is 2.98. The minimum atomic E-state index is -0.321. The molecule has 1 aromatic heterocycles. The highest BCUT2D eigenvalue weighted by Gasteiger charge is 2.15. The monoisotopic (exact) mass is 488 g/mol. The third-order valence-corrected chi connectivity index (χ3v) is 5.82. The molecule has 1 aliphatic heterocycles. The molecule has 1 aliphatic rings. The van der Waals surface area contributed by atoms with Crippen LogP contribution in [0.1, 0.15) is 35.3 Å². The van der Waals surface area contributed by atoms with Gasteiger partial charge in [0.05, 0.1) is 14.2 Å². The van der Waals surface area contributed by atoms with Crippen LogP contribution in [0.15, 0.2) is 66.8 Å². The molecule has 2 heterocycles. The first-order chi connectivity index (χ1) is 17.4. The van der Waals surface area contributed by atoms with E-state index in [1.807, 2.05) is 36.7 Å². The van der Waals surface area contributed by atoms with E-state index in [-0.39, 0.29) is 5.91 Å². The number of nitrogens with one attached hydrogen (secondary N) is 3. The smallest absolute Gasteiger partial charge is 0.274 e. The van der Waals surface area contributed by atoms with Crippen molar-refractivity contribution in [3.05, 3.63) is 83.4 Å². The quantitative estimate of drug-likeness (QED) is 0.389. The summed E-state index contributed by atoms with van der Waals surface area (Å²) in [6.07, 6.45) is 7.20. The topological polar surface area (TPSA) is 101 Å². The summed E-state index contributed by atoms with van der Waals surface area (Å²) < 4.78 is 5.34. The summed E-state index contributed by atoms with van der Waals surface area (Å²) in [5, 5.41) is 6.68. The van der Waals surface area contributed by atoms with E-state index in [0.29, 0.717) is 29.7 Å². The molecule has 36 heavy (non-hydrogen) atoms. The maximum Gasteiger partial charge on any atom is 0.274 e. The fraction of sp³-hybridized carbons (Fsp3) is 0.296. The molecule has 1 amide bonds. The van der Waals surface area contributed by atoms with Crippen molar-refractivity contribution in [2.24, 2.45) is 0 Å². The Kier molecular flexibility index (Phi) is 8.02. The van der Waals surface area contributed by atoms with Crippen molar-refractivity contribution < 1.29 is 14.4 Å². The van der Waals surface area contributed by atoms with Gasteiger partial charge in [0.1, 0.15) is 5.75 Å². The molecule has 3 N–H and O–H groups in total. The standard InChI is InChI=1S/C27H32N6O3/c1-18-16-33(17-19(2)30-18)24-9-7-23(8-10-24)31-27-28-14-21(15-29-27)6-5-20-11-22(26(34)32-36-4)13-25(12-20)35-3/h7-16,19,30H,5-6,17H2,1-4H3,(H,32,34)(H,28,29,31)/t19-/m0/s1. The molecule has 0 unspecified atom stereocenters. The van der Waals surface area contributed by atoms with Crippen molar-refractivity contribution in [2.75, 3.05) is 31.0 Å². The van der Waals surface area contributed by atoms with Crippen LogP contribution < -0.4 is 25.8 Å². The van der Waals surface area contributed by atoms with Gasteiger partial charge in [-0.15, -0.1) is 0 Å². The Bertz CT molecular complexity index is 1210. The van der Waals surface area contributed by atoms with Gasteiger partial charge in [-0.3, -0.25) is 9.63 Å². The lowest BCUT2D eigenvalue weighted by atomic mass is 10.0. The number of aromatic nitrogens is 2. The van der Waals surface area contributed by atoms with Gasteiger partial charge in [0.2, 0.25) is 5.95 Å². The summed E-state index contributed by atoms with van der Waals surface area (Å²) in [6, 6.07) is 14.1. The SMILES string of the molecule is CONC(=O)c1cc(CCc2cnc(Nc3ccc(N4C=C(C)N[C@@H](C)C4)cc3)nc2)cc(OC)c1. The van der Waals surface area contributed by atoms with Crippen LogP contribution in [0.5, 0.6) is 5.75 Å². The van der Waals surface area contributed by atoms with E-state index in [4.69, 9.17) is 9.57 Å². The van der Waals surface area contributed by atoms with Gasteiger partial charge < -0.3 is 20.3 Å². The number of carbonyl (C=O) groups is 1. The number of nitrogens with zero attached hydrogens (tertiary/aromatic N) is 3. The first-order valence-electron chi connectivity index (χ1n) is 11.8. The highest BCUT2D eigenvalue weighted by atomic mass is 16.6. The predicted octanol–water partition coefficient (Wildman–Crippen LogP) is 3.96. The van der Waals surface area contributed by atoms with E-state index in [9.17, 15) is 4.79 Å².